The highest BCUT2D eigenvalue weighted by Crippen LogP contribution is 2.34. The average molecular weight is 390 g/mol. The summed E-state index contributed by atoms with van der Waals surface area (Å²) >= 11 is 1.53. The van der Waals surface area contributed by atoms with Crippen molar-refractivity contribution in [2.45, 2.75) is 12.8 Å². The van der Waals surface area contributed by atoms with E-state index in [2.05, 4.69) is 21.5 Å². The molecule has 2 aromatic heterocycles. The van der Waals surface area contributed by atoms with Gasteiger partial charge in [0.25, 0.3) is 0 Å². The number of benzene rings is 1. The van der Waals surface area contributed by atoms with Crippen LogP contribution in [0.3, 0.4) is 0 Å². The summed E-state index contributed by atoms with van der Waals surface area (Å²) < 4.78 is 27.2. The SMILES string of the molecule is Cn1cc(Nc2nc(-c3ccc4c(c3)CCCN4S(C)(=O)=O)cs2)cn1. The number of hydrogen-bond donors (Lipinski definition) is 1. The maximum Gasteiger partial charge on any atom is 0.232 e. The van der Waals surface area contributed by atoms with Crippen molar-refractivity contribution in [3.8, 4) is 11.3 Å². The fraction of sp³-hybridized carbons (Fsp3) is 0.294. The molecule has 4 rings (SSSR count). The number of rotatable bonds is 4. The Kier molecular flexibility index (Phi) is 4.20. The lowest BCUT2D eigenvalue weighted by Crippen LogP contribution is -2.34. The summed E-state index contributed by atoms with van der Waals surface area (Å²) in [7, 11) is -1.38. The lowest BCUT2D eigenvalue weighted by molar-refractivity contribution is 0.592. The Balaban J connectivity index is 1.61. The second-order valence-corrected chi connectivity index (χ2v) is 9.11. The Labute approximate surface area is 156 Å². The van der Waals surface area contributed by atoms with Crippen LogP contribution in [-0.2, 0) is 23.5 Å². The number of aromatic nitrogens is 3. The van der Waals surface area contributed by atoms with E-state index in [0.29, 0.717) is 6.54 Å². The predicted molar refractivity (Wildman–Crippen MR) is 105 cm³/mol. The molecule has 26 heavy (non-hydrogen) atoms. The summed E-state index contributed by atoms with van der Waals surface area (Å²) in [5, 5.41) is 10.2. The van der Waals surface area contributed by atoms with Crippen molar-refractivity contribution in [1.82, 2.24) is 14.8 Å². The zero-order valence-electron chi connectivity index (χ0n) is 14.5. The molecule has 1 aromatic carbocycles. The van der Waals surface area contributed by atoms with E-state index >= 15 is 0 Å². The van der Waals surface area contributed by atoms with Crippen molar-refractivity contribution >= 4 is 37.9 Å². The molecule has 3 heterocycles. The van der Waals surface area contributed by atoms with Crippen LogP contribution in [0.15, 0.2) is 36.0 Å². The van der Waals surface area contributed by atoms with Crippen molar-refractivity contribution in [3.05, 3.63) is 41.5 Å². The summed E-state index contributed by atoms with van der Waals surface area (Å²) in [6.07, 6.45) is 6.60. The number of anilines is 3. The predicted octanol–water partition coefficient (Wildman–Crippen LogP) is 3.00. The molecule has 0 radical (unpaired) electrons. The third kappa shape index (κ3) is 3.32. The molecule has 0 fully saturated rings. The van der Waals surface area contributed by atoms with Crippen LogP contribution in [0, 0.1) is 0 Å². The van der Waals surface area contributed by atoms with Gasteiger partial charge in [0.2, 0.25) is 10.0 Å². The van der Waals surface area contributed by atoms with Gasteiger partial charge < -0.3 is 5.32 Å². The minimum Gasteiger partial charge on any atom is -0.329 e. The molecule has 136 valence electrons. The van der Waals surface area contributed by atoms with Crippen LogP contribution >= 0.6 is 11.3 Å². The van der Waals surface area contributed by atoms with E-state index in [1.807, 2.05) is 30.8 Å². The first-order valence-electron chi connectivity index (χ1n) is 8.22. The van der Waals surface area contributed by atoms with Crippen LogP contribution in [0.1, 0.15) is 12.0 Å². The zero-order chi connectivity index (χ0) is 18.3. The third-order valence-corrected chi connectivity index (χ3v) is 6.25. The Bertz CT molecular complexity index is 1050. The number of nitrogens with one attached hydrogen (secondary N) is 1. The first-order chi connectivity index (χ1) is 12.4. The fourth-order valence-electron chi connectivity index (χ4n) is 3.14. The van der Waals surface area contributed by atoms with E-state index < -0.39 is 10.0 Å². The van der Waals surface area contributed by atoms with Crippen molar-refractivity contribution in [2.75, 3.05) is 22.4 Å². The molecule has 1 N–H and O–H groups in total. The Morgan fingerprint density at radius 3 is 2.88 bits per heavy atom. The molecule has 0 bridgehead atoms. The Morgan fingerprint density at radius 2 is 2.15 bits per heavy atom. The van der Waals surface area contributed by atoms with E-state index in [4.69, 9.17) is 0 Å². The monoisotopic (exact) mass is 389 g/mol. The van der Waals surface area contributed by atoms with Gasteiger partial charge in [-0.25, -0.2) is 13.4 Å². The molecule has 0 saturated carbocycles. The van der Waals surface area contributed by atoms with Gasteiger partial charge in [-0.2, -0.15) is 5.10 Å². The molecule has 0 unspecified atom stereocenters. The first-order valence-corrected chi connectivity index (χ1v) is 11.0. The number of fused-ring (bicyclic) bond motifs is 1. The first kappa shape index (κ1) is 17.0. The number of sulfonamides is 1. The largest absolute Gasteiger partial charge is 0.329 e. The molecule has 7 nitrogen and oxygen atoms in total. The van der Waals surface area contributed by atoms with E-state index in [9.17, 15) is 8.42 Å². The maximum atomic E-state index is 12.0. The average Bonchev–Trinajstić information content (AvgIpc) is 3.22. The van der Waals surface area contributed by atoms with Crippen LogP contribution in [-0.4, -0.2) is 36.0 Å². The standard InChI is InChI=1S/C17H19N5O2S2/c1-21-10-14(9-18-21)19-17-20-15(11-25-17)12-5-6-16-13(8-12)4-3-7-22(16)26(2,23)24/h5-6,8-11H,3-4,7H2,1-2H3,(H,19,20). The van der Waals surface area contributed by atoms with Gasteiger partial charge in [-0.3, -0.25) is 8.99 Å². The van der Waals surface area contributed by atoms with Crippen molar-refractivity contribution in [1.29, 1.82) is 0 Å². The summed E-state index contributed by atoms with van der Waals surface area (Å²) in [6.45, 7) is 0.543. The van der Waals surface area contributed by atoms with Gasteiger partial charge in [0, 0.05) is 30.7 Å². The molecular weight excluding hydrogens is 370 g/mol. The minimum atomic E-state index is -3.24. The van der Waals surface area contributed by atoms with Crippen LogP contribution in [0.4, 0.5) is 16.5 Å². The second-order valence-electron chi connectivity index (χ2n) is 6.35. The van der Waals surface area contributed by atoms with Crippen molar-refractivity contribution in [2.24, 2.45) is 7.05 Å². The summed E-state index contributed by atoms with van der Waals surface area (Å²) in [6, 6.07) is 5.87. The van der Waals surface area contributed by atoms with Gasteiger partial charge in [-0.15, -0.1) is 11.3 Å². The van der Waals surface area contributed by atoms with Crippen molar-refractivity contribution < 1.29 is 8.42 Å². The zero-order valence-corrected chi connectivity index (χ0v) is 16.1. The summed E-state index contributed by atoms with van der Waals surface area (Å²) in [5.74, 6) is 0. The lowest BCUT2D eigenvalue weighted by atomic mass is 10.00. The quantitative estimate of drug-likeness (QED) is 0.742. The highest BCUT2D eigenvalue weighted by molar-refractivity contribution is 7.92. The molecule has 0 atom stereocenters. The number of thiazole rings is 1. The molecule has 0 aliphatic carbocycles. The number of aryl methyl sites for hydroxylation is 2. The van der Waals surface area contributed by atoms with Gasteiger partial charge in [-0.1, -0.05) is 6.07 Å². The molecule has 1 aliphatic heterocycles. The number of hydrogen-bond acceptors (Lipinski definition) is 6. The van der Waals surface area contributed by atoms with Crippen LogP contribution in [0.25, 0.3) is 11.3 Å². The molecule has 9 heteroatoms. The van der Waals surface area contributed by atoms with Crippen LogP contribution in [0.5, 0.6) is 0 Å². The lowest BCUT2D eigenvalue weighted by Gasteiger charge is -2.29. The van der Waals surface area contributed by atoms with Gasteiger partial charge >= 0.3 is 0 Å². The Morgan fingerprint density at radius 1 is 1.31 bits per heavy atom. The van der Waals surface area contributed by atoms with E-state index in [1.54, 1.807) is 10.9 Å². The molecule has 0 spiro atoms. The van der Waals surface area contributed by atoms with Crippen LogP contribution in [0.2, 0.25) is 0 Å². The second kappa shape index (κ2) is 6.40. The van der Waals surface area contributed by atoms with Gasteiger partial charge in [-0.05, 0) is 30.5 Å². The molecular formula is C17H19N5O2S2. The van der Waals surface area contributed by atoms with Gasteiger partial charge in [0.15, 0.2) is 5.13 Å². The maximum absolute atomic E-state index is 12.0. The minimum absolute atomic E-state index is 0.543. The highest BCUT2D eigenvalue weighted by Gasteiger charge is 2.24. The third-order valence-electron chi connectivity index (χ3n) is 4.31. The topological polar surface area (TPSA) is 80.1 Å². The summed E-state index contributed by atoms with van der Waals surface area (Å²) in [4.78, 5) is 4.64. The van der Waals surface area contributed by atoms with Gasteiger partial charge in [0.05, 0.1) is 29.5 Å². The smallest absolute Gasteiger partial charge is 0.232 e. The summed E-state index contributed by atoms with van der Waals surface area (Å²) in [5.41, 5.74) is 4.60. The van der Waals surface area contributed by atoms with Gasteiger partial charge in [0.1, 0.15) is 0 Å². The molecule has 3 aromatic rings. The van der Waals surface area contributed by atoms with E-state index in [1.165, 1.54) is 21.9 Å². The molecule has 1 aliphatic rings. The van der Waals surface area contributed by atoms with E-state index in [0.717, 1.165) is 46.2 Å². The molecule has 0 saturated heterocycles. The normalized spacial score (nSPS) is 14.3. The van der Waals surface area contributed by atoms with E-state index in [-0.39, 0.29) is 0 Å². The highest BCUT2D eigenvalue weighted by atomic mass is 32.2. The fourth-order valence-corrected chi connectivity index (χ4v) is 4.88. The number of nitrogens with zero attached hydrogens (tertiary/aromatic N) is 4. The van der Waals surface area contributed by atoms with Crippen LogP contribution < -0.4 is 9.62 Å². The molecule has 0 amide bonds. The Hall–Kier alpha value is -2.39. The van der Waals surface area contributed by atoms with Crippen molar-refractivity contribution in [3.63, 3.8) is 0 Å².